The summed E-state index contributed by atoms with van der Waals surface area (Å²) in [6.45, 7) is 11.8. The van der Waals surface area contributed by atoms with Gasteiger partial charge in [0.05, 0.1) is 12.1 Å². The monoisotopic (exact) mass is 242 g/mol. The molecule has 1 fully saturated rings. The molecule has 0 aromatic carbocycles. The number of rotatable bonds is 5. The summed E-state index contributed by atoms with van der Waals surface area (Å²) in [5.74, 6) is 0.747. The molecular weight excluding hydrogens is 216 g/mol. The van der Waals surface area contributed by atoms with Gasteiger partial charge in [-0.3, -0.25) is 9.69 Å². The van der Waals surface area contributed by atoms with Crippen LogP contribution in [0.25, 0.3) is 0 Å². The molecule has 1 aliphatic heterocycles. The number of nitrogens with zero attached hydrogens (tertiary/aromatic N) is 1. The van der Waals surface area contributed by atoms with E-state index in [1.54, 1.807) is 0 Å². The van der Waals surface area contributed by atoms with Crippen molar-refractivity contribution in [2.24, 2.45) is 11.8 Å². The Labute approximate surface area is 104 Å². The first-order valence-corrected chi connectivity index (χ1v) is 6.48. The third-order valence-corrected chi connectivity index (χ3v) is 3.83. The molecule has 0 radical (unpaired) electrons. The summed E-state index contributed by atoms with van der Waals surface area (Å²) < 4.78 is 0. The minimum atomic E-state index is -0.593. The molecule has 1 atom stereocenters. The van der Waals surface area contributed by atoms with Crippen LogP contribution in [0, 0.1) is 11.8 Å². The summed E-state index contributed by atoms with van der Waals surface area (Å²) in [5, 5.41) is 13.0. The summed E-state index contributed by atoms with van der Waals surface area (Å²) in [7, 11) is 0. The zero-order chi connectivity index (χ0) is 13.2. The molecule has 4 heteroatoms. The predicted octanol–water partition coefficient (Wildman–Crippen LogP) is 0.850. The van der Waals surface area contributed by atoms with Gasteiger partial charge in [0.1, 0.15) is 0 Å². The summed E-state index contributed by atoms with van der Waals surface area (Å²) in [6, 6.07) is 0.202. The number of β-amino-alcohol motifs (C(OH)–C–C–N with tert-alkyl or cyclic N) is 1. The lowest BCUT2D eigenvalue weighted by Crippen LogP contribution is -2.66. The van der Waals surface area contributed by atoms with Gasteiger partial charge in [0, 0.05) is 19.1 Å². The van der Waals surface area contributed by atoms with Gasteiger partial charge in [0.25, 0.3) is 0 Å². The molecule has 0 aromatic heterocycles. The van der Waals surface area contributed by atoms with Crippen LogP contribution in [-0.2, 0) is 4.79 Å². The van der Waals surface area contributed by atoms with E-state index in [4.69, 9.17) is 0 Å². The SMILES string of the molecule is CC(C)C(C)NC(=O)CN1CC(O)(C(C)C)C1. The molecule has 0 spiro atoms. The number of aliphatic hydroxyl groups is 1. The average Bonchev–Trinajstić information content (AvgIpc) is 2.14. The Hall–Kier alpha value is -0.610. The summed E-state index contributed by atoms with van der Waals surface area (Å²) in [6.07, 6.45) is 0. The molecule has 1 heterocycles. The highest BCUT2D eigenvalue weighted by Crippen LogP contribution is 2.27. The van der Waals surface area contributed by atoms with E-state index in [2.05, 4.69) is 19.2 Å². The molecular formula is C13H26N2O2. The highest BCUT2D eigenvalue weighted by Gasteiger charge is 2.43. The fraction of sp³-hybridized carbons (Fsp3) is 0.923. The van der Waals surface area contributed by atoms with Crippen molar-refractivity contribution in [3.8, 4) is 0 Å². The summed E-state index contributed by atoms with van der Waals surface area (Å²) in [5.41, 5.74) is -0.593. The van der Waals surface area contributed by atoms with E-state index in [0.717, 1.165) is 0 Å². The van der Waals surface area contributed by atoms with Crippen molar-refractivity contribution >= 4 is 5.91 Å². The number of likely N-dealkylation sites (tertiary alicyclic amines) is 1. The minimum Gasteiger partial charge on any atom is -0.387 e. The van der Waals surface area contributed by atoms with Gasteiger partial charge in [-0.05, 0) is 18.8 Å². The quantitative estimate of drug-likeness (QED) is 0.751. The lowest BCUT2D eigenvalue weighted by molar-refractivity contribution is -0.142. The Balaban J connectivity index is 2.27. The number of carbonyl (C=O) groups is 1. The standard InChI is InChI=1S/C13H26N2O2/c1-9(2)11(5)14-12(16)6-15-7-13(17,8-15)10(3)4/h9-11,17H,6-8H2,1-5H3,(H,14,16). The number of carbonyl (C=O) groups excluding carboxylic acids is 1. The third-order valence-electron chi connectivity index (χ3n) is 3.83. The average molecular weight is 242 g/mol. The van der Waals surface area contributed by atoms with Crippen LogP contribution in [0.15, 0.2) is 0 Å². The highest BCUT2D eigenvalue weighted by atomic mass is 16.3. The van der Waals surface area contributed by atoms with E-state index < -0.39 is 5.60 Å². The lowest BCUT2D eigenvalue weighted by atomic mass is 9.83. The molecule has 2 N–H and O–H groups in total. The van der Waals surface area contributed by atoms with Gasteiger partial charge in [0.2, 0.25) is 5.91 Å². The molecule has 1 saturated heterocycles. The molecule has 0 saturated carbocycles. The fourth-order valence-electron chi connectivity index (χ4n) is 1.87. The maximum absolute atomic E-state index is 11.7. The van der Waals surface area contributed by atoms with Crippen LogP contribution in [-0.4, -0.2) is 47.2 Å². The second-order valence-corrected chi connectivity index (χ2v) is 6.00. The maximum atomic E-state index is 11.7. The van der Waals surface area contributed by atoms with Gasteiger partial charge in [-0.2, -0.15) is 0 Å². The second-order valence-electron chi connectivity index (χ2n) is 6.00. The number of nitrogens with one attached hydrogen (secondary N) is 1. The fourth-order valence-corrected chi connectivity index (χ4v) is 1.87. The zero-order valence-corrected chi connectivity index (χ0v) is 11.7. The van der Waals surface area contributed by atoms with Crippen LogP contribution in [0.5, 0.6) is 0 Å². The van der Waals surface area contributed by atoms with Crippen molar-refractivity contribution in [1.82, 2.24) is 10.2 Å². The van der Waals surface area contributed by atoms with E-state index in [1.807, 2.05) is 25.7 Å². The molecule has 1 aliphatic rings. The van der Waals surface area contributed by atoms with Crippen molar-refractivity contribution in [3.05, 3.63) is 0 Å². The minimum absolute atomic E-state index is 0.0528. The van der Waals surface area contributed by atoms with Gasteiger partial charge in [-0.25, -0.2) is 0 Å². The van der Waals surface area contributed by atoms with Gasteiger partial charge >= 0.3 is 0 Å². The molecule has 0 bridgehead atoms. The number of hydrogen-bond donors (Lipinski definition) is 2. The molecule has 0 aliphatic carbocycles. The van der Waals surface area contributed by atoms with Crippen molar-refractivity contribution in [2.75, 3.05) is 19.6 Å². The lowest BCUT2D eigenvalue weighted by Gasteiger charge is -2.48. The molecule has 1 unspecified atom stereocenters. The van der Waals surface area contributed by atoms with Crippen molar-refractivity contribution in [2.45, 2.75) is 46.3 Å². The van der Waals surface area contributed by atoms with Crippen LogP contribution in [0.4, 0.5) is 0 Å². The Morgan fingerprint density at radius 2 is 1.82 bits per heavy atom. The molecule has 0 aromatic rings. The van der Waals surface area contributed by atoms with Crippen LogP contribution in [0.3, 0.4) is 0 Å². The maximum Gasteiger partial charge on any atom is 0.234 e. The smallest absolute Gasteiger partial charge is 0.234 e. The first kappa shape index (κ1) is 14.5. The molecule has 17 heavy (non-hydrogen) atoms. The number of amides is 1. The van der Waals surface area contributed by atoms with Crippen LogP contribution >= 0.6 is 0 Å². The first-order chi connectivity index (χ1) is 7.74. The van der Waals surface area contributed by atoms with Crippen molar-refractivity contribution < 1.29 is 9.90 Å². The van der Waals surface area contributed by atoms with E-state index in [0.29, 0.717) is 25.6 Å². The van der Waals surface area contributed by atoms with E-state index in [-0.39, 0.29) is 17.9 Å². The van der Waals surface area contributed by atoms with Crippen LogP contribution in [0.1, 0.15) is 34.6 Å². The summed E-state index contributed by atoms with van der Waals surface area (Å²) >= 11 is 0. The largest absolute Gasteiger partial charge is 0.387 e. The Kier molecular flexibility index (Phi) is 4.55. The van der Waals surface area contributed by atoms with E-state index in [9.17, 15) is 9.90 Å². The summed E-state index contributed by atoms with van der Waals surface area (Å²) in [4.78, 5) is 13.7. The van der Waals surface area contributed by atoms with Gasteiger partial charge < -0.3 is 10.4 Å². The topological polar surface area (TPSA) is 52.6 Å². The normalized spacial score (nSPS) is 21.4. The van der Waals surface area contributed by atoms with E-state index in [1.165, 1.54) is 0 Å². The molecule has 1 amide bonds. The molecule has 1 rings (SSSR count). The Morgan fingerprint density at radius 1 is 1.29 bits per heavy atom. The second kappa shape index (κ2) is 5.36. The number of hydrogen-bond acceptors (Lipinski definition) is 3. The molecule has 100 valence electrons. The van der Waals surface area contributed by atoms with Crippen molar-refractivity contribution in [3.63, 3.8) is 0 Å². The Morgan fingerprint density at radius 3 is 2.24 bits per heavy atom. The van der Waals surface area contributed by atoms with Gasteiger partial charge in [-0.15, -0.1) is 0 Å². The van der Waals surface area contributed by atoms with Crippen LogP contribution in [0.2, 0.25) is 0 Å². The zero-order valence-electron chi connectivity index (χ0n) is 11.7. The highest BCUT2D eigenvalue weighted by molar-refractivity contribution is 5.78. The Bertz CT molecular complexity index is 271. The first-order valence-electron chi connectivity index (χ1n) is 6.48. The van der Waals surface area contributed by atoms with Crippen LogP contribution < -0.4 is 5.32 Å². The van der Waals surface area contributed by atoms with E-state index >= 15 is 0 Å². The predicted molar refractivity (Wildman–Crippen MR) is 68.7 cm³/mol. The van der Waals surface area contributed by atoms with Gasteiger partial charge in [-0.1, -0.05) is 27.7 Å². The third kappa shape index (κ3) is 3.68. The molecule has 4 nitrogen and oxygen atoms in total. The van der Waals surface area contributed by atoms with Crippen molar-refractivity contribution in [1.29, 1.82) is 0 Å². The van der Waals surface area contributed by atoms with Gasteiger partial charge in [0.15, 0.2) is 0 Å².